The first-order valence-electron chi connectivity index (χ1n) is 11.1. The number of nitrogens with one attached hydrogen (secondary N) is 1. The predicted molar refractivity (Wildman–Crippen MR) is 122 cm³/mol. The lowest BCUT2D eigenvalue weighted by molar-refractivity contribution is -0.148. The maximum absolute atomic E-state index is 13.1. The number of carbonyl (C=O) groups is 1. The molecule has 9 nitrogen and oxygen atoms in total. The van der Waals surface area contributed by atoms with E-state index in [0.717, 1.165) is 16.4 Å². The summed E-state index contributed by atoms with van der Waals surface area (Å²) in [4.78, 5) is 22.7. The molecule has 0 saturated carbocycles. The highest BCUT2D eigenvalue weighted by molar-refractivity contribution is 5.77. The Labute approximate surface area is 199 Å². The van der Waals surface area contributed by atoms with E-state index in [0.29, 0.717) is 44.0 Å². The van der Waals surface area contributed by atoms with Gasteiger partial charge in [-0.05, 0) is 31.9 Å². The van der Waals surface area contributed by atoms with E-state index >= 15 is 0 Å². The number of rotatable bonds is 7. The molecule has 1 aromatic carbocycles. The lowest BCUT2D eigenvalue weighted by Gasteiger charge is -2.33. The number of anilines is 3. The van der Waals surface area contributed by atoms with Gasteiger partial charge < -0.3 is 19.7 Å². The minimum absolute atomic E-state index is 0.0445. The first-order chi connectivity index (χ1) is 16.8. The Bertz CT molecular complexity index is 1160. The van der Waals surface area contributed by atoms with Crippen molar-refractivity contribution in [3.63, 3.8) is 0 Å². The molecule has 0 bridgehead atoms. The van der Waals surface area contributed by atoms with Crippen LogP contribution >= 0.6 is 0 Å². The van der Waals surface area contributed by atoms with Crippen LogP contribution in [0.15, 0.2) is 42.7 Å². The molecule has 0 unspecified atom stereocenters. The molecule has 0 spiro atoms. The Balaban J connectivity index is 1.64. The highest BCUT2D eigenvalue weighted by atomic mass is 19.4. The summed E-state index contributed by atoms with van der Waals surface area (Å²) in [5.41, 5.74) is 0.0433. The van der Waals surface area contributed by atoms with Gasteiger partial charge in [0.2, 0.25) is 11.8 Å². The number of aryl methyl sites for hydroxylation is 1. The molecule has 186 valence electrons. The molecular formula is C23H25F3N6O3. The van der Waals surface area contributed by atoms with E-state index in [4.69, 9.17) is 9.47 Å². The van der Waals surface area contributed by atoms with Gasteiger partial charge in [-0.1, -0.05) is 18.2 Å². The van der Waals surface area contributed by atoms with Crippen LogP contribution in [-0.2, 0) is 22.8 Å². The van der Waals surface area contributed by atoms with Crippen LogP contribution in [0.4, 0.5) is 30.4 Å². The summed E-state index contributed by atoms with van der Waals surface area (Å²) in [5, 5.41) is 6.73. The van der Waals surface area contributed by atoms with Crippen LogP contribution in [0.5, 0.6) is 11.8 Å². The van der Waals surface area contributed by atoms with Crippen molar-refractivity contribution in [2.75, 3.05) is 29.9 Å². The number of hydrogen-bond acceptors (Lipinski definition) is 8. The fourth-order valence-electron chi connectivity index (χ4n) is 3.82. The van der Waals surface area contributed by atoms with Crippen molar-refractivity contribution < 1.29 is 27.4 Å². The molecule has 1 aliphatic heterocycles. The highest BCUT2D eigenvalue weighted by Crippen LogP contribution is 2.39. The van der Waals surface area contributed by atoms with Crippen LogP contribution in [0.3, 0.4) is 0 Å². The highest BCUT2D eigenvalue weighted by Gasteiger charge is 2.35. The predicted octanol–water partition coefficient (Wildman–Crippen LogP) is 4.54. The second-order valence-electron chi connectivity index (χ2n) is 7.97. The number of halogens is 3. The molecule has 0 aliphatic carbocycles. The third-order valence-electron chi connectivity index (χ3n) is 5.58. The van der Waals surface area contributed by atoms with Gasteiger partial charge in [-0.15, -0.1) is 0 Å². The average molecular weight is 490 g/mol. The van der Waals surface area contributed by atoms with Gasteiger partial charge in [0.15, 0.2) is 11.5 Å². The van der Waals surface area contributed by atoms with Gasteiger partial charge >= 0.3 is 12.1 Å². The lowest BCUT2D eigenvalue weighted by atomic mass is 9.97. The van der Waals surface area contributed by atoms with Gasteiger partial charge in [-0.3, -0.25) is 4.79 Å². The molecule has 35 heavy (non-hydrogen) atoms. The number of carbonyl (C=O) groups excluding carboxylic acids is 1. The van der Waals surface area contributed by atoms with E-state index in [1.165, 1.54) is 13.4 Å². The van der Waals surface area contributed by atoms with Crippen LogP contribution in [-0.4, -0.2) is 45.4 Å². The van der Waals surface area contributed by atoms with Gasteiger partial charge in [-0.2, -0.15) is 23.3 Å². The van der Waals surface area contributed by atoms with Crippen molar-refractivity contribution in [2.45, 2.75) is 25.9 Å². The van der Waals surface area contributed by atoms with E-state index in [1.54, 1.807) is 6.92 Å². The molecule has 1 aliphatic rings. The topological polar surface area (TPSA) is 94.4 Å². The number of hydrogen-bond donors (Lipinski definition) is 1. The zero-order chi connectivity index (χ0) is 25.0. The van der Waals surface area contributed by atoms with Gasteiger partial charge in [0.1, 0.15) is 12.0 Å². The number of esters is 1. The summed E-state index contributed by atoms with van der Waals surface area (Å²) in [6.45, 7) is 3.18. The molecule has 3 aromatic rings. The van der Waals surface area contributed by atoms with Crippen LogP contribution in [0.25, 0.3) is 0 Å². The Kier molecular flexibility index (Phi) is 7.08. The van der Waals surface area contributed by atoms with Crippen LogP contribution in [0.2, 0.25) is 0 Å². The number of para-hydroxylation sites is 1. The molecule has 2 aromatic heterocycles. The Hall–Kier alpha value is -3.83. The van der Waals surface area contributed by atoms with Crippen molar-refractivity contribution in [3.05, 3.63) is 48.4 Å². The molecule has 12 heteroatoms. The largest absolute Gasteiger partial charge is 0.466 e. The molecule has 1 fully saturated rings. The summed E-state index contributed by atoms with van der Waals surface area (Å²) >= 11 is 0. The minimum Gasteiger partial charge on any atom is -0.466 e. The summed E-state index contributed by atoms with van der Waals surface area (Å²) in [6.07, 6.45) is -2.15. The van der Waals surface area contributed by atoms with E-state index in [9.17, 15) is 18.0 Å². The van der Waals surface area contributed by atoms with E-state index in [1.807, 2.05) is 35.2 Å². The number of alkyl halides is 3. The SMILES string of the molecule is CCOC(=O)C1CCN(c2ncnc(Oc3cc(C(F)(F)F)nn3C)c2Nc2ccccc2)CC1. The first-order valence-corrected chi connectivity index (χ1v) is 11.1. The third kappa shape index (κ3) is 5.64. The third-order valence-corrected chi connectivity index (χ3v) is 5.58. The maximum Gasteiger partial charge on any atom is 0.435 e. The molecule has 0 radical (unpaired) electrons. The number of piperidine rings is 1. The monoisotopic (exact) mass is 490 g/mol. The quantitative estimate of drug-likeness (QED) is 0.483. The average Bonchev–Trinajstić information content (AvgIpc) is 3.22. The molecule has 3 heterocycles. The summed E-state index contributed by atoms with van der Waals surface area (Å²) < 4.78 is 51.3. The summed E-state index contributed by atoms with van der Waals surface area (Å²) in [7, 11) is 1.36. The van der Waals surface area contributed by atoms with E-state index in [-0.39, 0.29) is 23.6 Å². The van der Waals surface area contributed by atoms with Gasteiger partial charge in [0, 0.05) is 31.9 Å². The van der Waals surface area contributed by atoms with Crippen LogP contribution in [0, 0.1) is 5.92 Å². The van der Waals surface area contributed by atoms with Crippen molar-refractivity contribution in [1.82, 2.24) is 19.7 Å². The van der Waals surface area contributed by atoms with Gasteiger partial charge in [0.25, 0.3) is 0 Å². The van der Waals surface area contributed by atoms with Crippen LogP contribution in [0.1, 0.15) is 25.5 Å². The summed E-state index contributed by atoms with van der Waals surface area (Å²) in [5.74, 6) is 0.0317. The maximum atomic E-state index is 13.1. The van der Waals surface area contributed by atoms with Crippen LogP contribution < -0.4 is 15.0 Å². The zero-order valence-corrected chi connectivity index (χ0v) is 19.2. The normalized spacial score (nSPS) is 14.6. The zero-order valence-electron chi connectivity index (χ0n) is 19.2. The molecule has 4 rings (SSSR count). The van der Waals surface area contributed by atoms with Crippen molar-refractivity contribution in [1.29, 1.82) is 0 Å². The fourth-order valence-corrected chi connectivity index (χ4v) is 3.82. The molecule has 0 amide bonds. The molecule has 0 atom stereocenters. The first kappa shape index (κ1) is 24.3. The Morgan fingerprint density at radius 2 is 1.89 bits per heavy atom. The van der Waals surface area contributed by atoms with E-state index in [2.05, 4.69) is 20.4 Å². The van der Waals surface area contributed by atoms with E-state index < -0.39 is 11.9 Å². The number of aromatic nitrogens is 4. The molecular weight excluding hydrogens is 465 g/mol. The van der Waals surface area contributed by atoms with Gasteiger partial charge in [0.05, 0.1) is 12.5 Å². The Morgan fingerprint density at radius 1 is 1.17 bits per heavy atom. The number of nitrogens with zero attached hydrogens (tertiary/aromatic N) is 5. The number of benzene rings is 1. The van der Waals surface area contributed by atoms with Crippen molar-refractivity contribution in [2.24, 2.45) is 13.0 Å². The smallest absolute Gasteiger partial charge is 0.435 e. The molecule has 1 N–H and O–H groups in total. The van der Waals surface area contributed by atoms with Gasteiger partial charge in [-0.25, -0.2) is 9.67 Å². The van der Waals surface area contributed by atoms with Crippen molar-refractivity contribution >= 4 is 23.2 Å². The second-order valence-corrected chi connectivity index (χ2v) is 7.97. The Morgan fingerprint density at radius 3 is 2.51 bits per heavy atom. The standard InChI is InChI=1S/C23H25F3N6O3/c1-3-34-22(33)15-9-11-32(12-10-15)20-19(29-16-7-5-4-6-8-16)21(28-14-27-20)35-18-13-17(23(24,25)26)30-31(18)2/h4-8,13-15,29H,3,9-12H2,1-2H3. The van der Waals surface area contributed by atoms with Crippen molar-refractivity contribution in [3.8, 4) is 11.8 Å². The molecule has 1 saturated heterocycles. The lowest BCUT2D eigenvalue weighted by Crippen LogP contribution is -2.37. The summed E-state index contributed by atoms with van der Waals surface area (Å²) in [6, 6.07) is 10.0. The fraction of sp³-hybridized carbons (Fsp3) is 0.391. The number of ether oxygens (including phenoxy) is 2. The second kappa shape index (κ2) is 10.2. The minimum atomic E-state index is -4.61.